The molecule has 7 heteroatoms. The molecule has 26 heavy (non-hydrogen) atoms. The van der Waals surface area contributed by atoms with Gasteiger partial charge in [0.15, 0.2) is 0 Å². The van der Waals surface area contributed by atoms with E-state index in [9.17, 15) is 4.79 Å². The maximum atomic E-state index is 13.0. The second-order valence-corrected chi connectivity index (χ2v) is 6.44. The van der Waals surface area contributed by atoms with Gasteiger partial charge in [-0.05, 0) is 36.6 Å². The minimum absolute atomic E-state index is 0.0885. The lowest BCUT2D eigenvalue weighted by atomic mass is 10.2. The van der Waals surface area contributed by atoms with Crippen LogP contribution in [0.5, 0.6) is 0 Å². The molecule has 0 bridgehead atoms. The normalized spacial score (nSPS) is 16.7. The van der Waals surface area contributed by atoms with Crippen LogP contribution < -0.4 is 5.32 Å². The number of amides is 2. The van der Waals surface area contributed by atoms with E-state index in [1.54, 1.807) is 23.5 Å². The number of hydrogen-bond acceptors (Lipinski definition) is 4. The first kappa shape index (κ1) is 16.5. The zero-order chi connectivity index (χ0) is 17.8. The van der Waals surface area contributed by atoms with Crippen molar-refractivity contribution in [3.63, 3.8) is 0 Å². The number of anilines is 1. The number of para-hydroxylation sites is 1. The van der Waals surface area contributed by atoms with Gasteiger partial charge in [-0.3, -0.25) is 10.1 Å². The van der Waals surface area contributed by atoms with Gasteiger partial charge in [0.2, 0.25) is 0 Å². The molecule has 134 valence electrons. The fourth-order valence-electron chi connectivity index (χ4n) is 3.23. The predicted molar refractivity (Wildman–Crippen MR) is 98.7 cm³/mol. The number of H-pyrrole nitrogens is 1. The Morgan fingerprint density at radius 1 is 1.31 bits per heavy atom. The molecule has 3 heterocycles. The van der Waals surface area contributed by atoms with Crippen molar-refractivity contribution in [1.29, 1.82) is 0 Å². The zero-order valence-electron chi connectivity index (χ0n) is 14.4. The molecule has 0 radical (unpaired) electrons. The summed E-state index contributed by atoms with van der Waals surface area (Å²) in [5.41, 5.74) is 2.58. The number of pyridine rings is 1. The van der Waals surface area contributed by atoms with Crippen molar-refractivity contribution in [2.75, 3.05) is 18.5 Å². The number of benzene rings is 1. The predicted octanol–water partition coefficient (Wildman–Crippen LogP) is 3.17. The second-order valence-electron chi connectivity index (χ2n) is 6.44. The van der Waals surface area contributed by atoms with Crippen LogP contribution in [0.1, 0.15) is 18.4 Å². The van der Waals surface area contributed by atoms with Crippen LogP contribution >= 0.6 is 0 Å². The number of hydrogen-bond donors (Lipinski definition) is 2. The van der Waals surface area contributed by atoms with E-state index in [1.165, 1.54) is 0 Å². The van der Waals surface area contributed by atoms with Crippen LogP contribution in [-0.2, 0) is 11.3 Å². The van der Waals surface area contributed by atoms with E-state index in [1.807, 2.05) is 30.3 Å². The number of nitrogens with zero attached hydrogens (tertiary/aromatic N) is 3. The monoisotopic (exact) mass is 351 g/mol. The number of carbonyl (C=O) groups is 1. The van der Waals surface area contributed by atoms with Gasteiger partial charge in [-0.1, -0.05) is 12.1 Å². The standard InChI is InChI=1S/C19H21N5O2/c25-19(22-17-5-1-3-15-11-21-23-18(15)17)24(13-16-4-2-10-26-16)12-14-6-8-20-9-7-14/h1,3,5-9,11,16H,2,4,10,12-13H2,(H,21,23)(H,22,25)/t16-/m0/s1. The SMILES string of the molecule is O=C(Nc1cccc2cn[nH]c12)N(Cc1ccncc1)C[C@@H]1CCCO1. The largest absolute Gasteiger partial charge is 0.376 e. The highest BCUT2D eigenvalue weighted by Gasteiger charge is 2.23. The second kappa shape index (κ2) is 7.53. The number of urea groups is 1. The maximum absolute atomic E-state index is 13.0. The zero-order valence-corrected chi connectivity index (χ0v) is 14.4. The van der Waals surface area contributed by atoms with E-state index in [0.29, 0.717) is 13.1 Å². The highest BCUT2D eigenvalue weighted by molar-refractivity contribution is 5.99. The third-order valence-electron chi connectivity index (χ3n) is 4.58. The van der Waals surface area contributed by atoms with Gasteiger partial charge in [-0.15, -0.1) is 0 Å². The summed E-state index contributed by atoms with van der Waals surface area (Å²) in [7, 11) is 0. The molecular formula is C19H21N5O2. The van der Waals surface area contributed by atoms with Gasteiger partial charge in [0.05, 0.1) is 23.5 Å². The Labute approximate surface area is 151 Å². The summed E-state index contributed by atoms with van der Waals surface area (Å²) in [4.78, 5) is 18.8. The molecule has 1 aromatic carbocycles. The number of aromatic nitrogens is 3. The molecule has 0 spiro atoms. The van der Waals surface area contributed by atoms with Crippen molar-refractivity contribution >= 4 is 22.6 Å². The van der Waals surface area contributed by atoms with E-state index in [0.717, 1.165) is 41.6 Å². The smallest absolute Gasteiger partial charge is 0.322 e. The number of aromatic amines is 1. The van der Waals surface area contributed by atoms with Crippen molar-refractivity contribution in [2.24, 2.45) is 0 Å². The topological polar surface area (TPSA) is 83.1 Å². The third kappa shape index (κ3) is 3.67. The molecule has 2 amide bonds. The molecule has 2 aromatic heterocycles. The van der Waals surface area contributed by atoms with E-state index < -0.39 is 0 Å². The van der Waals surface area contributed by atoms with Crippen molar-refractivity contribution in [3.8, 4) is 0 Å². The van der Waals surface area contributed by atoms with Crippen molar-refractivity contribution in [3.05, 3.63) is 54.5 Å². The quantitative estimate of drug-likeness (QED) is 0.739. The minimum Gasteiger partial charge on any atom is -0.376 e. The Balaban J connectivity index is 1.53. The molecule has 1 saturated heterocycles. The molecule has 1 fully saturated rings. The van der Waals surface area contributed by atoms with E-state index in [2.05, 4.69) is 20.5 Å². The lowest BCUT2D eigenvalue weighted by Gasteiger charge is -2.26. The van der Waals surface area contributed by atoms with Gasteiger partial charge in [0.25, 0.3) is 0 Å². The highest BCUT2D eigenvalue weighted by atomic mass is 16.5. The summed E-state index contributed by atoms with van der Waals surface area (Å²) in [5.74, 6) is 0. The van der Waals surface area contributed by atoms with Crippen LogP contribution in [0.25, 0.3) is 10.9 Å². The van der Waals surface area contributed by atoms with Gasteiger partial charge >= 0.3 is 6.03 Å². The summed E-state index contributed by atoms with van der Waals surface area (Å²) in [6, 6.07) is 9.42. The average Bonchev–Trinajstić information content (AvgIpc) is 3.34. The van der Waals surface area contributed by atoms with Gasteiger partial charge in [-0.25, -0.2) is 4.79 Å². The Morgan fingerprint density at radius 3 is 3.00 bits per heavy atom. The molecule has 3 aromatic rings. The number of nitrogens with one attached hydrogen (secondary N) is 2. The van der Waals surface area contributed by atoms with E-state index >= 15 is 0 Å². The fraction of sp³-hybridized carbons (Fsp3) is 0.316. The summed E-state index contributed by atoms with van der Waals surface area (Å²) in [6.07, 6.45) is 7.34. The highest BCUT2D eigenvalue weighted by Crippen LogP contribution is 2.22. The van der Waals surface area contributed by atoms with E-state index in [4.69, 9.17) is 4.74 Å². The summed E-state index contributed by atoms with van der Waals surface area (Å²) >= 11 is 0. The van der Waals surface area contributed by atoms with Crippen LogP contribution in [0, 0.1) is 0 Å². The summed E-state index contributed by atoms with van der Waals surface area (Å²) in [5, 5.41) is 11.0. The third-order valence-corrected chi connectivity index (χ3v) is 4.58. The summed E-state index contributed by atoms with van der Waals surface area (Å²) < 4.78 is 5.73. The Bertz CT molecular complexity index is 874. The van der Waals surface area contributed by atoms with Gasteiger partial charge < -0.3 is 15.0 Å². The first-order valence-electron chi connectivity index (χ1n) is 8.78. The number of ether oxygens (including phenoxy) is 1. The molecule has 0 saturated carbocycles. The molecule has 1 aliphatic rings. The van der Waals surface area contributed by atoms with Gasteiger partial charge in [0, 0.05) is 37.5 Å². The Kier molecular flexibility index (Phi) is 4.79. The molecule has 2 N–H and O–H groups in total. The number of fused-ring (bicyclic) bond motifs is 1. The lowest BCUT2D eigenvalue weighted by Crippen LogP contribution is -2.39. The molecule has 0 unspecified atom stereocenters. The van der Waals surface area contributed by atoms with Crippen molar-refractivity contribution < 1.29 is 9.53 Å². The maximum Gasteiger partial charge on any atom is 0.322 e. The molecule has 4 rings (SSSR count). The van der Waals surface area contributed by atoms with Crippen LogP contribution in [0.15, 0.2) is 48.9 Å². The van der Waals surface area contributed by atoms with E-state index in [-0.39, 0.29) is 12.1 Å². The van der Waals surface area contributed by atoms with Crippen LogP contribution in [0.3, 0.4) is 0 Å². The van der Waals surface area contributed by atoms with Gasteiger partial charge in [0.1, 0.15) is 0 Å². The first-order chi connectivity index (χ1) is 12.8. The lowest BCUT2D eigenvalue weighted by molar-refractivity contribution is 0.0819. The minimum atomic E-state index is -0.153. The Hall–Kier alpha value is -2.93. The Morgan fingerprint density at radius 2 is 2.19 bits per heavy atom. The fourth-order valence-corrected chi connectivity index (χ4v) is 3.23. The molecule has 1 aliphatic heterocycles. The average molecular weight is 351 g/mol. The van der Waals surface area contributed by atoms with Crippen LogP contribution in [-0.4, -0.2) is 45.4 Å². The summed E-state index contributed by atoms with van der Waals surface area (Å²) in [6.45, 7) is 1.84. The molecule has 7 nitrogen and oxygen atoms in total. The first-order valence-corrected chi connectivity index (χ1v) is 8.78. The molecule has 1 atom stereocenters. The molecule has 0 aliphatic carbocycles. The van der Waals surface area contributed by atoms with Crippen LogP contribution in [0.2, 0.25) is 0 Å². The van der Waals surface area contributed by atoms with Gasteiger partial charge in [-0.2, -0.15) is 5.10 Å². The van der Waals surface area contributed by atoms with Crippen molar-refractivity contribution in [2.45, 2.75) is 25.5 Å². The number of rotatable bonds is 5. The number of carbonyl (C=O) groups excluding carboxylic acids is 1. The molecular weight excluding hydrogens is 330 g/mol. The van der Waals surface area contributed by atoms with Crippen LogP contribution in [0.4, 0.5) is 10.5 Å². The van der Waals surface area contributed by atoms with Crippen molar-refractivity contribution in [1.82, 2.24) is 20.1 Å².